The van der Waals surface area contributed by atoms with Crippen molar-refractivity contribution in [2.75, 3.05) is 24.3 Å². The fourth-order valence-electron chi connectivity index (χ4n) is 1.26. The highest BCUT2D eigenvalue weighted by molar-refractivity contribution is 8.11. The van der Waals surface area contributed by atoms with Crippen LogP contribution in [-0.4, -0.2) is 34.8 Å². The van der Waals surface area contributed by atoms with E-state index in [4.69, 9.17) is 33.5 Å². The van der Waals surface area contributed by atoms with Gasteiger partial charge in [-0.05, 0) is 18.2 Å². The molecule has 0 aromatic rings. The molecule has 1 fully saturated rings. The Balaban J connectivity index is 2.46. The summed E-state index contributed by atoms with van der Waals surface area (Å²) >= 11 is 12.7. The zero-order valence-electron chi connectivity index (χ0n) is 8.19. The minimum atomic E-state index is -2.18. The second-order valence-electron chi connectivity index (χ2n) is 3.09. The van der Waals surface area contributed by atoms with Gasteiger partial charge in [-0.25, -0.2) is 0 Å². The number of halogens is 1. The zero-order chi connectivity index (χ0) is 10.6. The topological polar surface area (TPSA) is 38.5 Å². The summed E-state index contributed by atoms with van der Waals surface area (Å²) in [5, 5.41) is 2.36. The van der Waals surface area contributed by atoms with E-state index in [9.17, 15) is 0 Å². The fraction of sp³-hybridized carbons (Fsp3) is 1.00. The van der Waals surface area contributed by atoms with E-state index < -0.39 is 6.42 Å². The molecule has 0 bridgehead atoms. The number of nitrogens with two attached hydrogens (primary N) is 1. The van der Waals surface area contributed by atoms with Crippen molar-refractivity contribution in [3.63, 3.8) is 0 Å². The highest BCUT2D eigenvalue weighted by Gasteiger charge is 2.28. The van der Waals surface area contributed by atoms with Crippen molar-refractivity contribution >= 4 is 41.6 Å². The first-order chi connectivity index (χ1) is 6.59. The Morgan fingerprint density at radius 1 is 1.79 bits per heavy atom. The van der Waals surface area contributed by atoms with Crippen LogP contribution in [-0.2, 0) is 16.4 Å². The smallest absolute Gasteiger partial charge is 0.149 e. The molecule has 0 aromatic carbocycles. The van der Waals surface area contributed by atoms with Gasteiger partial charge in [0.2, 0.25) is 0 Å². The van der Waals surface area contributed by atoms with Crippen LogP contribution in [0, 0.1) is 0 Å². The third kappa shape index (κ3) is 3.97. The van der Waals surface area contributed by atoms with Gasteiger partial charge in [-0.1, -0.05) is 6.92 Å². The van der Waals surface area contributed by atoms with Gasteiger partial charge in [-0.3, -0.25) is 10.1 Å². The number of rotatable bonds is 5. The second kappa shape index (κ2) is 6.04. The summed E-state index contributed by atoms with van der Waals surface area (Å²) in [4.78, 5) is 0. The quantitative estimate of drug-likeness (QED) is 0.615. The molecular weight excluding hydrogens is 259 g/mol. The van der Waals surface area contributed by atoms with Crippen LogP contribution >= 0.6 is 29.8 Å². The number of nitrogens with zero attached hydrogens (tertiary/aromatic N) is 1. The lowest BCUT2D eigenvalue weighted by molar-refractivity contribution is -0.0468. The maximum Gasteiger partial charge on any atom is 0.149 e. The van der Waals surface area contributed by atoms with Gasteiger partial charge in [0.25, 0.3) is 0 Å². The summed E-state index contributed by atoms with van der Waals surface area (Å²) < 4.78 is 5.67. The van der Waals surface area contributed by atoms with E-state index in [0.29, 0.717) is 17.4 Å². The van der Waals surface area contributed by atoms with Gasteiger partial charge in [0.05, 0.1) is 5.37 Å². The lowest BCUT2D eigenvalue weighted by Crippen LogP contribution is -2.29. The molecule has 2 unspecified atom stereocenters. The average Bonchev–Trinajstić information content (AvgIpc) is 2.50. The van der Waals surface area contributed by atoms with Gasteiger partial charge < -0.3 is 0 Å². The minimum absolute atomic E-state index is 0.413. The number of hydroxylamine groups is 2. The van der Waals surface area contributed by atoms with Crippen molar-refractivity contribution in [2.45, 2.75) is 18.7 Å². The Labute approximate surface area is 99.8 Å². The molecule has 0 aliphatic carbocycles. The van der Waals surface area contributed by atoms with Gasteiger partial charge in [0.15, 0.2) is 0 Å². The molecule has 1 aliphatic rings. The summed E-state index contributed by atoms with van der Waals surface area (Å²) in [5.74, 6) is 1.57. The molecule has 0 amide bonds. The number of alkyl halides is 1. The van der Waals surface area contributed by atoms with Crippen LogP contribution in [0.4, 0.5) is 0 Å². The Morgan fingerprint density at radius 3 is 3.07 bits per heavy atom. The Hall–Kier alpha value is 1.17. The molecule has 0 spiro atoms. The molecule has 0 saturated carbocycles. The van der Waals surface area contributed by atoms with Crippen molar-refractivity contribution in [2.24, 2.45) is 5.50 Å². The van der Waals surface area contributed by atoms with E-state index in [0.717, 1.165) is 18.7 Å². The van der Waals surface area contributed by atoms with Crippen LogP contribution in [0.3, 0.4) is 0 Å². The molecule has 2 atom stereocenters. The summed E-state index contributed by atoms with van der Waals surface area (Å²) in [6.45, 7) is 3.06. The number of hydrogen-bond acceptors (Lipinski definition) is 4. The molecule has 0 aromatic heterocycles. The van der Waals surface area contributed by atoms with Crippen molar-refractivity contribution < 1.29 is 4.62 Å². The van der Waals surface area contributed by atoms with E-state index in [1.54, 1.807) is 0 Å². The number of hydrogen-bond donors (Lipinski definition) is 1. The molecule has 2 N–H and O–H groups in total. The summed E-state index contributed by atoms with van der Waals surface area (Å²) in [6, 6.07) is 0. The summed E-state index contributed by atoms with van der Waals surface area (Å²) in [6.07, 6.45) is -0.523. The lowest BCUT2D eigenvalue weighted by atomic mass is 10.5. The third-order valence-corrected chi connectivity index (χ3v) is 5.84. The molecule has 84 valence electrons. The van der Waals surface area contributed by atoms with Crippen LogP contribution in [0.1, 0.15) is 13.3 Å². The third-order valence-electron chi connectivity index (χ3n) is 1.93. The lowest BCUT2D eigenvalue weighted by Gasteiger charge is -2.26. The molecule has 1 aliphatic heterocycles. The predicted molar refractivity (Wildman–Crippen MR) is 68.4 cm³/mol. The maximum atomic E-state index is 5.89. The monoisotopic (exact) mass is 274 g/mol. The predicted octanol–water partition coefficient (Wildman–Crippen LogP) is 2.21. The van der Waals surface area contributed by atoms with Crippen molar-refractivity contribution in [1.29, 1.82) is 0 Å². The Bertz CT molecular complexity index is 232. The highest BCUT2D eigenvalue weighted by Crippen LogP contribution is 2.42. The standard InChI is InChI=1S/C7H16ClN2OPS2/c1-2-7-10(4-6-14-7)11-12(9,13)5-3-8/h7H,2-6H2,1H3,(H2,9,13). The van der Waals surface area contributed by atoms with Gasteiger partial charge in [-0.2, -0.15) is 5.06 Å². The summed E-state index contributed by atoms with van der Waals surface area (Å²) in [5.41, 5.74) is 5.89. The molecule has 0 radical (unpaired) electrons. The Kier molecular flexibility index (Phi) is 5.71. The minimum Gasteiger partial charge on any atom is -0.280 e. The van der Waals surface area contributed by atoms with Gasteiger partial charge in [-0.15, -0.1) is 23.4 Å². The molecule has 3 nitrogen and oxygen atoms in total. The second-order valence-corrected chi connectivity index (χ2v) is 8.68. The Morgan fingerprint density at radius 2 is 2.50 bits per heavy atom. The van der Waals surface area contributed by atoms with E-state index in [1.807, 2.05) is 16.8 Å². The molecule has 14 heavy (non-hydrogen) atoms. The van der Waals surface area contributed by atoms with Gasteiger partial charge in [0, 0.05) is 24.3 Å². The fourth-order valence-corrected chi connectivity index (χ4v) is 4.88. The van der Waals surface area contributed by atoms with Crippen LogP contribution < -0.4 is 5.50 Å². The van der Waals surface area contributed by atoms with E-state index in [-0.39, 0.29) is 0 Å². The zero-order valence-corrected chi connectivity index (χ0v) is 11.5. The molecule has 1 heterocycles. The molecule has 1 rings (SSSR count). The molecule has 1 saturated heterocycles. The van der Waals surface area contributed by atoms with Crippen molar-refractivity contribution in [1.82, 2.24) is 5.06 Å². The van der Waals surface area contributed by atoms with Crippen LogP contribution in [0.15, 0.2) is 0 Å². The average molecular weight is 275 g/mol. The summed E-state index contributed by atoms with van der Waals surface area (Å²) in [7, 11) is 0. The maximum absolute atomic E-state index is 5.89. The first kappa shape index (κ1) is 13.2. The SMILES string of the molecule is CCC1SCCN1OP(N)(=S)CCCl. The van der Waals surface area contributed by atoms with Crippen LogP contribution in [0.2, 0.25) is 0 Å². The molecule has 7 heteroatoms. The van der Waals surface area contributed by atoms with Crippen molar-refractivity contribution in [3.05, 3.63) is 0 Å². The largest absolute Gasteiger partial charge is 0.280 e. The van der Waals surface area contributed by atoms with Gasteiger partial charge in [0.1, 0.15) is 6.42 Å². The molecular formula is C7H16ClN2OPS2. The first-order valence-electron chi connectivity index (χ1n) is 4.60. The van der Waals surface area contributed by atoms with Crippen LogP contribution in [0.5, 0.6) is 0 Å². The first-order valence-corrected chi connectivity index (χ1v) is 9.16. The van der Waals surface area contributed by atoms with Gasteiger partial charge >= 0.3 is 0 Å². The van der Waals surface area contributed by atoms with Crippen molar-refractivity contribution in [3.8, 4) is 0 Å². The normalized spacial score (nSPS) is 27.8. The van der Waals surface area contributed by atoms with Crippen LogP contribution in [0.25, 0.3) is 0 Å². The van der Waals surface area contributed by atoms with E-state index >= 15 is 0 Å². The highest BCUT2D eigenvalue weighted by atomic mass is 35.5. The number of thioether (sulfide) groups is 1. The van der Waals surface area contributed by atoms with E-state index in [1.165, 1.54) is 0 Å². The van der Waals surface area contributed by atoms with E-state index in [2.05, 4.69) is 6.92 Å².